The largest absolute Gasteiger partial charge is 0.484 e. The lowest BCUT2D eigenvalue weighted by atomic mass is 10.1. The SMILES string of the molecule is CCOC(=O)N/N=C(/C)c1ccc(OCC(=O)Nc2ccccc2C)cc1. The molecular formula is C20H23N3O4. The summed E-state index contributed by atoms with van der Waals surface area (Å²) in [7, 11) is 0. The van der Waals surface area contributed by atoms with Gasteiger partial charge in [0.25, 0.3) is 5.91 Å². The number of nitrogens with zero attached hydrogens (tertiary/aromatic N) is 1. The quantitative estimate of drug-likeness (QED) is 0.578. The molecule has 2 rings (SSSR count). The zero-order valence-corrected chi connectivity index (χ0v) is 15.6. The van der Waals surface area contributed by atoms with E-state index in [4.69, 9.17) is 9.47 Å². The van der Waals surface area contributed by atoms with Gasteiger partial charge in [0.15, 0.2) is 6.61 Å². The Labute approximate surface area is 158 Å². The lowest BCUT2D eigenvalue weighted by molar-refractivity contribution is -0.118. The Morgan fingerprint density at radius 1 is 1.07 bits per heavy atom. The summed E-state index contributed by atoms with van der Waals surface area (Å²) in [4.78, 5) is 23.2. The van der Waals surface area contributed by atoms with Crippen molar-refractivity contribution >= 4 is 23.4 Å². The van der Waals surface area contributed by atoms with E-state index in [-0.39, 0.29) is 19.1 Å². The summed E-state index contributed by atoms with van der Waals surface area (Å²) < 4.78 is 10.2. The Bertz CT molecular complexity index is 816. The highest BCUT2D eigenvalue weighted by Crippen LogP contribution is 2.15. The number of benzene rings is 2. The highest BCUT2D eigenvalue weighted by molar-refractivity contribution is 5.99. The predicted octanol–water partition coefficient (Wildman–Crippen LogP) is 3.48. The van der Waals surface area contributed by atoms with Gasteiger partial charge in [-0.3, -0.25) is 4.79 Å². The van der Waals surface area contributed by atoms with Gasteiger partial charge in [-0.15, -0.1) is 0 Å². The lowest BCUT2D eigenvalue weighted by Crippen LogP contribution is -2.20. The summed E-state index contributed by atoms with van der Waals surface area (Å²) >= 11 is 0. The molecule has 0 aromatic heterocycles. The van der Waals surface area contributed by atoms with Crippen molar-refractivity contribution < 1.29 is 19.1 Å². The van der Waals surface area contributed by atoms with Crippen molar-refractivity contribution in [2.24, 2.45) is 5.10 Å². The molecular weight excluding hydrogens is 346 g/mol. The summed E-state index contributed by atoms with van der Waals surface area (Å²) in [5, 5.41) is 6.77. The molecule has 0 atom stereocenters. The molecule has 2 N–H and O–H groups in total. The molecule has 0 saturated carbocycles. The van der Waals surface area contributed by atoms with Crippen LogP contribution in [0.5, 0.6) is 5.75 Å². The first-order valence-electron chi connectivity index (χ1n) is 8.55. The number of amides is 2. The second-order valence-electron chi connectivity index (χ2n) is 5.71. The van der Waals surface area contributed by atoms with E-state index in [2.05, 4.69) is 15.8 Å². The van der Waals surface area contributed by atoms with Gasteiger partial charge < -0.3 is 14.8 Å². The summed E-state index contributed by atoms with van der Waals surface area (Å²) in [6.45, 7) is 5.60. The minimum absolute atomic E-state index is 0.0921. The van der Waals surface area contributed by atoms with Gasteiger partial charge in [0.1, 0.15) is 5.75 Å². The molecule has 0 radical (unpaired) electrons. The van der Waals surface area contributed by atoms with Crippen molar-refractivity contribution in [2.75, 3.05) is 18.5 Å². The highest BCUT2D eigenvalue weighted by atomic mass is 16.5. The number of carbonyl (C=O) groups is 2. The molecule has 27 heavy (non-hydrogen) atoms. The van der Waals surface area contributed by atoms with Crippen LogP contribution >= 0.6 is 0 Å². The maximum absolute atomic E-state index is 12.0. The minimum Gasteiger partial charge on any atom is -0.484 e. The van der Waals surface area contributed by atoms with E-state index in [0.717, 1.165) is 16.8 Å². The van der Waals surface area contributed by atoms with Gasteiger partial charge >= 0.3 is 6.09 Å². The van der Waals surface area contributed by atoms with Gasteiger partial charge in [-0.1, -0.05) is 18.2 Å². The van der Waals surface area contributed by atoms with E-state index < -0.39 is 6.09 Å². The Balaban J connectivity index is 1.86. The van der Waals surface area contributed by atoms with Gasteiger partial charge in [0.2, 0.25) is 0 Å². The molecule has 0 aliphatic carbocycles. The minimum atomic E-state index is -0.600. The molecule has 142 valence electrons. The molecule has 0 saturated heterocycles. The standard InChI is InChI=1S/C20H23N3O4/c1-4-26-20(25)23-22-15(3)16-9-11-17(12-10-16)27-13-19(24)21-18-8-6-5-7-14(18)2/h5-12H,4,13H2,1-3H3,(H,21,24)(H,23,25)/b22-15-. The Morgan fingerprint density at radius 2 is 1.78 bits per heavy atom. The first kappa shape index (κ1) is 20.0. The molecule has 0 heterocycles. The highest BCUT2D eigenvalue weighted by Gasteiger charge is 2.06. The maximum Gasteiger partial charge on any atom is 0.427 e. The van der Waals surface area contributed by atoms with Crippen molar-refractivity contribution in [3.8, 4) is 5.75 Å². The lowest BCUT2D eigenvalue weighted by Gasteiger charge is -2.10. The first-order valence-corrected chi connectivity index (χ1v) is 8.55. The van der Waals surface area contributed by atoms with Crippen molar-refractivity contribution in [1.82, 2.24) is 5.43 Å². The third-order valence-corrected chi connectivity index (χ3v) is 3.65. The van der Waals surface area contributed by atoms with Crippen molar-refractivity contribution in [3.63, 3.8) is 0 Å². The van der Waals surface area contributed by atoms with Crippen LogP contribution in [-0.4, -0.2) is 30.9 Å². The van der Waals surface area contributed by atoms with Gasteiger partial charge in [-0.25, -0.2) is 10.2 Å². The van der Waals surface area contributed by atoms with Gasteiger partial charge in [0, 0.05) is 5.69 Å². The molecule has 0 aliphatic rings. The molecule has 2 amide bonds. The summed E-state index contributed by atoms with van der Waals surface area (Å²) in [6.07, 6.45) is -0.600. The zero-order valence-electron chi connectivity index (χ0n) is 15.6. The third-order valence-electron chi connectivity index (χ3n) is 3.65. The van der Waals surface area contributed by atoms with E-state index in [1.54, 1.807) is 38.1 Å². The zero-order chi connectivity index (χ0) is 19.6. The van der Waals surface area contributed by atoms with Crippen LogP contribution in [0.1, 0.15) is 25.0 Å². The molecule has 7 nitrogen and oxygen atoms in total. The number of hydrazone groups is 1. The number of carbonyl (C=O) groups excluding carboxylic acids is 2. The van der Waals surface area contributed by atoms with Crippen molar-refractivity contribution in [2.45, 2.75) is 20.8 Å². The molecule has 0 unspecified atom stereocenters. The number of anilines is 1. The molecule has 2 aromatic carbocycles. The monoisotopic (exact) mass is 369 g/mol. The summed E-state index contributed by atoms with van der Waals surface area (Å²) in [5.74, 6) is 0.328. The summed E-state index contributed by atoms with van der Waals surface area (Å²) in [5.41, 5.74) is 5.49. The van der Waals surface area contributed by atoms with Gasteiger partial charge in [0.05, 0.1) is 12.3 Å². The predicted molar refractivity (Wildman–Crippen MR) is 104 cm³/mol. The Morgan fingerprint density at radius 3 is 2.44 bits per heavy atom. The number of hydrogen-bond acceptors (Lipinski definition) is 5. The molecule has 2 aromatic rings. The van der Waals surface area contributed by atoms with Crippen LogP contribution in [0.3, 0.4) is 0 Å². The van der Waals surface area contributed by atoms with Crippen LogP contribution in [0, 0.1) is 6.92 Å². The molecule has 7 heteroatoms. The van der Waals surface area contributed by atoms with Crippen molar-refractivity contribution in [3.05, 3.63) is 59.7 Å². The fraction of sp³-hybridized carbons (Fsp3) is 0.250. The smallest absolute Gasteiger partial charge is 0.427 e. The fourth-order valence-electron chi connectivity index (χ4n) is 2.20. The van der Waals surface area contributed by atoms with Crippen LogP contribution < -0.4 is 15.5 Å². The third kappa shape index (κ3) is 6.47. The second-order valence-corrected chi connectivity index (χ2v) is 5.71. The van der Waals surface area contributed by atoms with Gasteiger partial charge in [-0.2, -0.15) is 5.10 Å². The number of rotatable bonds is 7. The van der Waals surface area contributed by atoms with Crippen LogP contribution in [0.2, 0.25) is 0 Å². The van der Waals surface area contributed by atoms with Crippen LogP contribution in [0.4, 0.5) is 10.5 Å². The fourth-order valence-corrected chi connectivity index (χ4v) is 2.20. The Hall–Kier alpha value is -3.35. The van der Waals surface area contributed by atoms with Crippen LogP contribution in [0.25, 0.3) is 0 Å². The van der Waals surface area contributed by atoms with E-state index in [9.17, 15) is 9.59 Å². The van der Waals surface area contributed by atoms with Gasteiger partial charge in [-0.05, 0) is 62.2 Å². The normalized spacial score (nSPS) is 10.9. The number of hydrogen-bond donors (Lipinski definition) is 2. The van der Waals surface area contributed by atoms with E-state index >= 15 is 0 Å². The average Bonchev–Trinajstić information content (AvgIpc) is 2.67. The number of para-hydroxylation sites is 1. The Kier molecular flexibility index (Phi) is 7.37. The van der Waals surface area contributed by atoms with E-state index in [0.29, 0.717) is 11.5 Å². The second kappa shape index (κ2) is 9.96. The molecule has 0 aliphatic heterocycles. The number of nitrogens with one attached hydrogen (secondary N) is 2. The summed E-state index contributed by atoms with van der Waals surface area (Å²) in [6, 6.07) is 14.6. The van der Waals surface area contributed by atoms with Crippen LogP contribution in [-0.2, 0) is 9.53 Å². The first-order chi connectivity index (χ1) is 13.0. The number of aryl methyl sites for hydroxylation is 1. The average molecular weight is 369 g/mol. The van der Waals surface area contributed by atoms with E-state index in [1.165, 1.54) is 0 Å². The van der Waals surface area contributed by atoms with Crippen LogP contribution in [0.15, 0.2) is 53.6 Å². The van der Waals surface area contributed by atoms with Crippen molar-refractivity contribution in [1.29, 1.82) is 0 Å². The number of ether oxygens (including phenoxy) is 2. The molecule has 0 fully saturated rings. The molecule has 0 spiro atoms. The molecule has 0 bridgehead atoms. The maximum atomic E-state index is 12.0. The van der Waals surface area contributed by atoms with E-state index in [1.807, 2.05) is 31.2 Å². The topological polar surface area (TPSA) is 89.0 Å².